The Morgan fingerprint density at radius 3 is 2.68 bits per heavy atom. The van der Waals surface area contributed by atoms with E-state index in [1.807, 2.05) is 32.6 Å². The highest BCUT2D eigenvalue weighted by Gasteiger charge is 2.18. The molecule has 2 aromatic heterocycles. The second kappa shape index (κ2) is 7.42. The fourth-order valence-electron chi connectivity index (χ4n) is 2.29. The molecule has 8 heteroatoms. The van der Waals surface area contributed by atoms with E-state index < -0.39 is 0 Å². The number of likely N-dealkylation sites (N-methyl/N-ethyl adjacent to an activating group) is 2. The molecule has 0 aliphatic heterocycles. The van der Waals surface area contributed by atoms with Gasteiger partial charge in [0.1, 0.15) is 5.69 Å². The summed E-state index contributed by atoms with van der Waals surface area (Å²) >= 11 is 0. The smallest absolute Gasteiger partial charge is 0.271 e. The summed E-state index contributed by atoms with van der Waals surface area (Å²) < 4.78 is 1.82. The lowest BCUT2D eigenvalue weighted by Crippen LogP contribution is -2.32. The Bertz CT molecular complexity index is 648. The van der Waals surface area contributed by atoms with Crippen LogP contribution in [0.15, 0.2) is 6.07 Å². The molecule has 0 unspecified atom stereocenters. The lowest BCUT2D eigenvalue weighted by atomic mass is 10.1. The average molecular weight is 327 g/mol. The lowest BCUT2D eigenvalue weighted by molar-refractivity contribution is 0.0791. The van der Waals surface area contributed by atoms with Crippen molar-refractivity contribution in [2.45, 2.75) is 13.8 Å². The molecule has 0 aliphatic carbocycles. The highest BCUT2D eigenvalue weighted by Crippen LogP contribution is 2.25. The zero-order valence-electron chi connectivity index (χ0n) is 13.6. The van der Waals surface area contributed by atoms with Crippen molar-refractivity contribution in [3.05, 3.63) is 23.1 Å². The van der Waals surface area contributed by atoms with E-state index in [-0.39, 0.29) is 18.3 Å². The predicted octanol–water partition coefficient (Wildman–Crippen LogP) is 1.14. The van der Waals surface area contributed by atoms with Crippen LogP contribution in [0.3, 0.4) is 0 Å². The van der Waals surface area contributed by atoms with Gasteiger partial charge in [0.15, 0.2) is 0 Å². The molecular weight excluding hydrogens is 304 g/mol. The Morgan fingerprint density at radius 2 is 2.14 bits per heavy atom. The van der Waals surface area contributed by atoms with E-state index >= 15 is 0 Å². The summed E-state index contributed by atoms with van der Waals surface area (Å²) in [6, 6.07) is 1.79. The Hall–Kier alpha value is -1.86. The largest absolute Gasteiger partial charge is 0.339 e. The highest BCUT2D eigenvalue weighted by molar-refractivity contribution is 5.93. The van der Waals surface area contributed by atoms with Crippen molar-refractivity contribution < 1.29 is 4.79 Å². The Labute approximate surface area is 136 Å². The quantitative estimate of drug-likeness (QED) is 0.863. The Balaban J connectivity index is 0.00000242. The van der Waals surface area contributed by atoms with E-state index in [1.165, 1.54) is 0 Å². The van der Waals surface area contributed by atoms with E-state index in [2.05, 4.69) is 20.6 Å². The molecule has 0 saturated heterocycles. The maximum absolute atomic E-state index is 12.3. The summed E-state index contributed by atoms with van der Waals surface area (Å²) in [5.41, 5.74) is 4.16. The molecule has 2 heterocycles. The SMILES string of the molecule is CNCCN(C)C(=O)c1cc(-c2c(C)nn(C)c2C)n[nH]1.Cl. The van der Waals surface area contributed by atoms with Crippen molar-refractivity contribution in [1.82, 2.24) is 30.2 Å². The minimum absolute atomic E-state index is 0. The zero-order valence-corrected chi connectivity index (χ0v) is 14.4. The minimum atomic E-state index is -0.0665. The first-order chi connectivity index (χ1) is 9.95. The predicted molar refractivity (Wildman–Crippen MR) is 88.4 cm³/mol. The van der Waals surface area contributed by atoms with Gasteiger partial charge in [-0.1, -0.05) is 0 Å². The third kappa shape index (κ3) is 3.48. The van der Waals surface area contributed by atoms with E-state index in [9.17, 15) is 4.79 Å². The number of carbonyl (C=O) groups excluding carboxylic acids is 1. The van der Waals surface area contributed by atoms with Gasteiger partial charge in [-0.25, -0.2) is 0 Å². The lowest BCUT2D eigenvalue weighted by Gasteiger charge is -2.15. The summed E-state index contributed by atoms with van der Waals surface area (Å²) in [6.07, 6.45) is 0. The molecule has 1 amide bonds. The van der Waals surface area contributed by atoms with Gasteiger partial charge in [0.05, 0.1) is 11.4 Å². The van der Waals surface area contributed by atoms with Gasteiger partial charge in [-0.2, -0.15) is 10.2 Å². The van der Waals surface area contributed by atoms with Crippen molar-refractivity contribution in [1.29, 1.82) is 0 Å². The molecule has 0 bridgehead atoms. The molecule has 22 heavy (non-hydrogen) atoms. The maximum Gasteiger partial charge on any atom is 0.271 e. The number of aromatic nitrogens is 4. The summed E-state index contributed by atoms with van der Waals surface area (Å²) in [5.74, 6) is -0.0665. The molecule has 2 N–H and O–H groups in total. The van der Waals surface area contributed by atoms with Crippen LogP contribution in [0.5, 0.6) is 0 Å². The maximum atomic E-state index is 12.3. The molecule has 0 aromatic carbocycles. The molecule has 0 aliphatic rings. The third-order valence-electron chi connectivity index (χ3n) is 3.62. The topological polar surface area (TPSA) is 78.8 Å². The third-order valence-corrected chi connectivity index (χ3v) is 3.62. The number of halogens is 1. The Morgan fingerprint density at radius 1 is 1.45 bits per heavy atom. The molecule has 2 rings (SSSR count). The number of hydrogen-bond donors (Lipinski definition) is 2. The van der Waals surface area contributed by atoms with Gasteiger partial charge >= 0.3 is 0 Å². The zero-order chi connectivity index (χ0) is 15.6. The molecule has 0 saturated carbocycles. The second-order valence-corrected chi connectivity index (χ2v) is 5.17. The first-order valence-corrected chi connectivity index (χ1v) is 6.91. The van der Waals surface area contributed by atoms with Gasteiger partial charge < -0.3 is 10.2 Å². The summed E-state index contributed by atoms with van der Waals surface area (Å²) in [6.45, 7) is 5.33. The summed E-state index contributed by atoms with van der Waals surface area (Å²) in [4.78, 5) is 13.9. The second-order valence-electron chi connectivity index (χ2n) is 5.17. The van der Waals surface area contributed by atoms with Crippen molar-refractivity contribution in [3.63, 3.8) is 0 Å². The van der Waals surface area contributed by atoms with Gasteiger partial charge in [-0.15, -0.1) is 12.4 Å². The molecular formula is C14H23ClN6O. The summed E-state index contributed by atoms with van der Waals surface area (Å²) in [5, 5.41) is 14.5. The van der Waals surface area contributed by atoms with Gasteiger partial charge in [0, 0.05) is 38.4 Å². The average Bonchev–Trinajstić information content (AvgIpc) is 3.01. The fraction of sp³-hybridized carbons (Fsp3) is 0.500. The van der Waals surface area contributed by atoms with Crippen LogP contribution >= 0.6 is 12.4 Å². The van der Waals surface area contributed by atoms with Crippen LogP contribution in [0.25, 0.3) is 11.3 Å². The number of aryl methyl sites for hydroxylation is 2. The van der Waals surface area contributed by atoms with Crippen LogP contribution < -0.4 is 5.32 Å². The molecule has 122 valence electrons. The highest BCUT2D eigenvalue weighted by atomic mass is 35.5. The van der Waals surface area contributed by atoms with E-state index in [1.54, 1.807) is 18.0 Å². The van der Waals surface area contributed by atoms with Crippen molar-refractivity contribution in [2.75, 3.05) is 27.2 Å². The van der Waals surface area contributed by atoms with Crippen LogP contribution in [-0.4, -0.2) is 58.0 Å². The standard InChI is InChI=1S/C14H22N6O.ClH/c1-9-13(10(2)20(5)18-9)11-8-12(17-16-11)14(21)19(4)7-6-15-3;/h8,15H,6-7H2,1-5H3,(H,16,17);1H. The normalized spacial score (nSPS) is 10.4. The first kappa shape index (κ1) is 18.2. The van der Waals surface area contributed by atoms with E-state index in [0.29, 0.717) is 12.2 Å². The monoisotopic (exact) mass is 326 g/mol. The van der Waals surface area contributed by atoms with Crippen LogP contribution in [0, 0.1) is 13.8 Å². The minimum Gasteiger partial charge on any atom is -0.339 e. The van der Waals surface area contributed by atoms with Crippen LogP contribution in [-0.2, 0) is 7.05 Å². The molecule has 7 nitrogen and oxygen atoms in total. The number of rotatable bonds is 5. The van der Waals surface area contributed by atoms with Crippen LogP contribution in [0.2, 0.25) is 0 Å². The van der Waals surface area contributed by atoms with Gasteiger partial charge in [0.2, 0.25) is 0 Å². The van der Waals surface area contributed by atoms with E-state index in [4.69, 9.17) is 0 Å². The van der Waals surface area contributed by atoms with Crippen molar-refractivity contribution >= 4 is 18.3 Å². The molecule has 0 fully saturated rings. The summed E-state index contributed by atoms with van der Waals surface area (Å²) in [7, 11) is 5.54. The van der Waals surface area contributed by atoms with Gasteiger partial charge in [-0.05, 0) is 27.0 Å². The number of nitrogens with zero attached hydrogens (tertiary/aromatic N) is 4. The van der Waals surface area contributed by atoms with Crippen LogP contribution in [0.4, 0.5) is 0 Å². The molecule has 0 spiro atoms. The number of H-pyrrole nitrogens is 1. The van der Waals surface area contributed by atoms with E-state index in [0.717, 1.165) is 29.2 Å². The number of carbonyl (C=O) groups is 1. The number of hydrogen-bond acceptors (Lipinski definition) is 4. The molecule has 0 radical (unpaired) electrons. The molecule has 2 aromatic rings. The molecule has 0 atom stereocenters. The first-order valence-electron chi connectivity index (χ1n) is 6.91. The number of nitrogens with one attached hydrogen (secondary N) is 2. The van der Waals surface area contributed by atoms with Crippen molar-refractivity contribution in [3.8, 4) is 11.3 Å². The number of aromatic amines is 1. The fourth-order valence-corrected chi connectivity index (χ4v) is 2.29. The Kier molecular flexibility index (Phi) is 6.13. The van der Waals surface area contributed by atoms with Gasteiger partial charge in [-0.3, -0.25) is 14.6 Å². The van der Waals surface area contributed by atoms with Crippen molar-refractivity contribution in [2.24, 2.45) is 7.05 Å². The van der Waals surface area contributed by atoms with Gasteiger partial charge in [0.25, 0.3) is 5.91 Å². The number of amides is 1. The van der Waals surface area contributed by atoms with Crippen LogP contribution in [0.1, 0.15) is 21.9 Å².